The van der Waals surface area contributed by atoms with Crippen molar-refractivity contribution in [1.82, 2.24) is 25.0 Å². The van der Waals surface area contributed by atoms with Crippen LogP contribution in [-0.4, -0.2) is 25.0 Å². The van der Waals surface area contributed by atoms with Crippen molar-refractivity contribution in [2.24, 2.45) is 0 Å². The van der Waals surface area contributed by atoms with Crippen molar-refractivity contribution >= 4 is 0 Å². The maximum absolute atomic E-state index is 4.38. The summed E-state index contributed by atoms with van der Waals surface area (Å²) in [6.45, 7) is 0. The van der Waals surface area contributed by atoms with Gasteiger partial charge in [0.2, 0.25) is 0 Å². The molecule has 5 heteroatoms. The van der Waals surface area contributed by atoms with E-state index in [0.29, 0.717) is 0 Å². The van der Waals surface area contributed by atoms with Crippen molar-refractivity contribution in [2.45, 2.75) is 0 Å². The third-order valence-electron chi connectivity index (χ3n) is 3.50. The van der Waals surface area contributed by atoms with Crippen molar-refractivity contribution in [2.75, 3.05) is 0 Å². The predicted octanol–water partition coefficient (Wildman–Crippen LogP) is 3.39. The molecule has 0 saturated carbocycles. The summed E-state index contributed by atoms with van der Waals surface area (Å²) in [6, 6.07) is 19.6. The van der Waals surface area contributed by atoms with Gasteiger partial charge >= 0.3 is 0 Å². The van der Waals surface area contributed by atoms with Gasteiger partial charge in [0.05, 0.1) is 23.3 Å². The maximum Gasteiger partial charge on any atom is 0.113 e. The van der Waals surface area contributed by atoms with E-state index in [0.717, 1.165) is 28.3 Å². The molecular formula is C18H13N5. The lowest BCUT2D eigenvalue weighted by Crippen LogP contribution is -1.96. The lowest BCUT2D eigenvalue weighted by molar-refractivity contribution is 0.802. The number of aromatic nitrogens is 5. The molecule has 0 N–H and O–H groups in total. The smallest absolute Gasteiger partial charge is 0.113 e. The van der Waals surface area contributed by atoms with Gasteiger partial charge in [-0.1, -0.05) is 41.6 Å². The van der Waals surface area contributed by atoms with Crippen LogP contribution < -0.4 is 0 Å². The second kappa shape index (κ2) is 5.81. The van der Waals surface area contributed by atoms with Gasteiger partial charge in [0.1, 0.15) is 5.69 Å². The van der Waals surface area contributed by atoms with Crippen LogP contribution in [0.15, 0.2) is 79.3 Å². The van der Waals surface area contributed by atoms with Crippen molar-refractivity contribution in [3.8, 4) is 28.3 Å². The fourth-order valence-corrected chi connectivity index (χ4v) is 2.35. The van der Waals surface area contributed by atoms with Crippen molar-refractivity contribution in [1.29, 1.82) is 0 Å². The molecule has 0 amide bonds. The highest BCUT2D eigenvalue weighted by Crippen LogP contribution is 2.19. The summed E-state index contributed by atoms with van der Waals surface area (Å²) in [6.07, 6.45) is 5.42. The van der Waals surface area contributed by atoms with E-state index in [2.05, 4.69) is 20.3 Å². The minimum Gasteiger partial charge on any atom is -0.255 e. The number of pyridine rings is 2. The first kappa shape index (κ1) is 13.3. The summed E-state index contributed by atoms with van der Waals surface area (Å²) in [5, 5.41) is 8.46. The number of benzene rings is 1. The normalized spacial score (nSPS) is 10.6. The second-order valence-electron chi connectivity index (χ2n) is 5.03. The summed E-state index contributed by atoms with van der Waals surface area (Å²) in [7, 11) is 0. The first-order valence-electron chi connectivity index (χ1n) is 7.26. The molecule has 4 aromatic rings. The Hall–Kier alpha value is -3.34. The fourth-order valence-electron chi connectivity index (χ4n) is 2.35. The first-order valence-corrected chi connectivity index (χ1v) is 7.26. The SMILES string of the molecule is c1ccc(-c2cn(-c3ccnc(-c4ccccn4)c3)nn2)cc1. The molecule has 3 heterocycles. The standard InChI is InChI=1S/C18H13N5/c1-2-6-14(7-3-1)18-13-23(22-21-18)15-9-11-20-17(12-15)16-8-4-5-10-19-16/h1-13H. The third-order valence-corrected chi connectivity index (χ3v) is 3.50. The summed E-state index contributed by atoms with van der Waals surface area (Å²) in [5.74, 6) is 0. The van der Waals surface area contributed by atoms with Crippen LogP contribution in [0.4, 0.5) is 0 Å². The van der Waals surface area contributed by atoms with Gasteiger partial charge in [-0.2, -0.15) is 0 Å². The highest BCUT2D eigenvalue weighted by atomic mass is 15.4. The number of rotatable bonds is 3. The Labute approximate surface area is 133 Å². The highest BCUT2D eigenvalue weighted by Gasteiger charge is 2.07. The highest BCUT2D eigenvalue weighted by molar-refractivity contribution is 5.59. The molecule has 23 heavy (non-hydrogen) atoms. The fraction of sp³-hybridized carbons (Fsp3) is 0. The largest absolute Gasteiger partial charge is 0.255 e. The molecule has 1 aromatic carbocycles. The Morgan fingerprint density at radius 1 is 0.696 bits per heavy atom. The van der Waals surface area contributed by atoms with Gasteiger partial charge in [-0.25, -0.2) is 4.68 Å². The Kier molecular flexibility index (Phi) is 3.37. The van der Waals surface area contributed by atoms with Gasteiger partial charge in [0, 0.05) is 18.0 Å². The second-order valence-corrected chi connectivity index (χ2v) is 5.03. The van der Waals surface area contributed by atoms with Crippen LogP contribution >= 0.6 is 0 Å². The molecule has 0 bridgehead atoms. The van der Waals surface area contributed by atoms with Crippen molar-refractivity contribution < 1.29 is 0 Å². The van der Waals surface area contributed by atoms with E-state index in [-0.39, 0.29) is 0 Å². The minimum absolute atomic E-state index is 0.805. The number of nitrogens with zero attached hydrogens (tertiary/aromatic N) is 5. The zero-order valence-corrected chi connectivity index (χ0v) is 12.2. The molecule has 0 fully saturated rings. The van der Waals surface area contributed by atoms with Crippen molar-refractivity contribution in [3.63, 3.8) is 0 Å². The summed E-state index contributed by atoms with van der Waals surface area (Å²) in [4.78, 5) is 8.70. The molecule has 0 aliphatic heterocycles. The molecule has 0 spiro atoms. The molecule has 5 nitrogen and oxygen atoms in total. The molecule has 110 valence electrons. The Morgan fingerprint density at radius 2 is 1.52 bits per heavy atom. The van der Waals surface area contributed by atoms with Crippen LogP contribution in [0.5, 0.6) is 0 Å². The van der Waals surface area contributed by atoms with Gasteiger partial charge in [-0.05, 0) is 24.3 Å². The summed E-state index contributed by atoms with van der Waals surface area (Å²) >= 11 is 0. The maximum atomic E-state index is 4.38. The van der Waals surface area contributed by atoms with Crippen LogP contribution in [0.2, 0.25) is 0 Å². The first-order chi connectivity index (χ1) is 11.4. The van der Waals surface area contributed by atoms with E-state index in [1.165, 1.54) is 0 Å². The van der Waals surface area contributed by atoms with Gasteiger partial charge in [0.25, 0.3) is 0 Å². The van der Waals surface area contributed by atoms with E-state index in [9.17, 15) is 0 Å². The van der Waals surface area contributed by atoms with E-state index in [1.54, 1.807) is 17.1 Å². The van der Waals surface area contributed by atoms with E-state index in [1.807, 2.05) is 66.9 Å². The van der Waals surface area contributed by atoms with Gasteiger partial charge in [-0.3, -0.25) is 9.97 Å². The summed E-state index contributed by atoms with van der Waals surface area (Å²) in [5.41, 5.74) is 4.41. The zero-order valence-electron chi connectivity index (χ0n) is 12.2. The van der Waals surface area contributed by atoms with Crippen molar-refractivity contribution in [3.05, 3.63) is 79.3 Å². The molecule has 3 aromatic heterocycles. The molecule has 0 radical (unpaired) electrons. The van der Waals surface area contributed by atoms with Gasteiger partial charge in [-0.15, -0.1) is 5.10 Å². The Balaban J connectivity index is 1.71. The molecule has 0 aliphatic rings. The van der Waals surface area contributed by atoms with E-state index >= 15 is 0 Å². The zero-order chi connectivity index (χ0) is 15.5. The topological polar surface area (TPSA) is 56.5 Å². The third kappa shape index (κ3) is 2.72. The van der Waals surface area contributed by atoms with Gasteiger partial charge < -0.3 is 0 Å². The number of hydrogen-bond acceptors (Lipinski definition) is 4. The van der Waals surface area contributed by atoms with Crippen LogP contribution in [0, 0.1) is 0 Å². The van der Waals surface area contributed by atoms with Gasteiger partial charge in [0.15, 0.2) is 0 Å². The Morgan fingerprint density at radius 3 is 2.35 bits per heavy atom. The Bertz CT molecular complexity index is 916. The number of hydrogen-bond donors (Lipinski definition) is 0. The van der Waals surface area contributed by atoms with Crippen LogP contribution in [0.25, 0.3) is 28.3 Å². The van der Waals surface area contributed by atoms with E-state index in [4.69, 9.17) is 0 Å². The van der Waals surface area contributed by atoms with Crippen LogP contribution in [0.3, 0.4) is 0 Å². The quantitative estimate of drug-likeness (QED) is 0.582. The monoisotopic (exact) mass is 299 g/mol. The predicted molar refractivity (Wildman–Crippen MR) is 87.8 cm³/mol. The molecule has 0 atom stereocenters. The molecule has 4 rings (SSSR count). The molecule has 0 saturated heterocycles. The average molecular weight is 299 g/mol. The lowest BCUT2D eigenvalue weighted by Gasteiger charge is -2.03. The molecular weight excluding hydrogens is 286 g/mol. The van der Waals surface area contributed by atoms with Crippen LogP contribution in [0.1, 0.15) is 0 Å². The minimum atomic E-state index is 0.805. The van der Waals surface area contributed by atoms with Crippen LogP contribution in [-0.2, 0) is 0 Å². The molecule has 0 aliphatic carbocycles. The van der Waals surface area contributed by atoms with E-state index < -0.39 is 0 Å². The average Bonchev–Trinajstić information content (AvgIpc) is 3.14. The molecule has 0 unspecified atom stereocenters. The summed E-state index contributed by atoms with van der Waals surface area (Å²) < 4.78 is 1.75. The lowest BCUT2D eigenvalue weighted by atomic mass is 10.2.